The van der Waals surface area contributed by atoms with Crippen LogP contribution >= 0.6 is 0 Å². The minimum absolute atomic E-state index is 0.0388. The molecule has 0 bridgehead atoms. The van der Waals surface area contributed by atoms with E-state index in [4.69, 9.17) is 0 Å². The molecule has 0 fully saturated rings. The summed E-state index contributed by atoms with van der Waals surface area (Å²) in [5.74, 6) is 0.303. The number of rotatable bonds is 5. The Morgan fingerprint density at radius 3 is 2.63 bits per heavy atom. The molecule has 0 aliphatic rings. The van der Waals surface area contributed by atoms with E-state index in [1.165, 1.54) is 4.90 Å². The summed E-state index contributed by atoms with van der Waals surface area (Å²) in [6, 6.07) is 5.58. The molecule has 0 heterocycles. The van der Waals surface area contributed by atoms with Gasteiger partial charge in [0.25, 0.3) is 0 Å². The van der Waals surface area contributed by atoms with Gasteiger partial charge in [0.2, 0.25) is 0 Å². The number of phenols is 1. The van der Waals surface area contributed by atoms with E-state index in [9.17, 15) is 9.90 Å². The molecule has 0 aliphatic carbocycles. The Balaban J connectivity index is 2.39. The molecule has 1 unspecified atom stereocenters. The van der Waals surface area contributed by atoms with Gasteiger partial charge in [-0.2, -0.15) is 0 Å². The van der Waals surface area contributed by atoms with E-state index in [0.717, 1.165) is 11.1 Å². The van der Waals surface area contributed by atoms with Crippen LogP contribution < -0.4 is 10.6 Å². The van der Waals surface area contributed by atoms with Gasteiger partial charge >= 0.3 is 6.03 Å². The van der Waals surface area contributed by atoms with Crippen LogP contribution in [0.25, 0.3) is 0 Å². The van der Waals surface area contributed by atoms with Crippen molar-refractivity contribution >= 4 is 6.03 Å². The maximum atomic E-state index is 11.3. The van der Waals surface area contributed by atoms with Crippen molar-refractivity contribution in [3.8, 4) is 5.75 Å². The van der Waals surface area contributed by atoms with Gasteiger partial charge in [-0.15, -0.1) is 0 Å². The van der Waals surface area contributed by atoms with Crippen LogP contribution in [-0.4, -0.2) is 43.2 Å². The molecular formula is C14H23N3O2. The van der Waals surface area contributed by atoms with Crippen LogP contribution in [0, 0.1) is 6.92 Å². The fraction of sp³-hybridized carbons (Fsp3) is 0.500. The molecule has 5 heteroatoms. The monoisotopic (exact) mass is 265 g/mol. The molecule has 5 nitrogen and oxygen atoms in total. The third-order valence-electron chi connectivity index (χ3n) is 2.91. The summed E-state index contributed by atoms with van der Waals surface area (Å²) in [5, 5.41) is 15.9. The molecule has 19 heavy (non-hydrogen) atoms. The standard InChI is InChI=1S/C14H23N3O2/c1-10-5-6-12(13(18)9-10)11(2)15-7-8-16-14(19)17(3)4/h5-6,9,11,15,18H,7-8H2,1-4H3,(H,16,19). The number of nitrogens with zero attached hydrogens (tertiary/aromatic N) is 1. The molecule has 0 saturated carbocycles. The molecule has 2 amide bonds. The Bertz CT molecular complexity index is 433. The minimum atomic E-state index is -0.104. The van der Waals surface area contributed by atoms with Crippen molar-refractivity contribution < 1.29 is 9.90 Å². The number of carbonyl (C=O) groups is 1. The van der Waals surface area contributed by atoms with Crippen molar-refractivity contribution in [2.75, 3.05) is 27.2 Å². The van der Waals surface area contributed by atoms with Crippen LogP contribution in [0.3, 0.4) is 0 Å². The smallest absolute Gasteiger partial charge is 0.316 e. The van der Waals surface area contributed by atoms with Gasteiger partial charge in [-0.25, -0.2) is 4.79 Å². The highest BCUT2D eigenvalue weighted by Gasteiger charge is 2.09. The van der Waals surface area contributed by atoms with E-state index in [2.05, 4.69) is 10.6 Å². The molecule has 0 aromatic heterocycles. The van der Waals surface area contributed by atoms with Gasteiger partial charge in [-0.3, -0.25) is 0 Å². The average molecular weight is 265 g/mol. The van der Waals surface area contributed by atoms with Crippen molar-refractivity contribution in [1.82, 2.24) is 15.5 Å². The lowest BCUT2D eigenvalue weighted by Crippen LogP contribution is -2.38. The number of benzene rings is 1. The summed E-state index contributed by atoms with van der Waals surface area (Å²) in [5.41, 5.74) is 1.90. The van der Waals surface area contributed by atoms with Gasteiger partial charge in [0.1, 0.15) is 5.75 Å². The Morgan fingerprint density at radius 1 is 1.37 bits per heavy atom. The summed E-state index contributed by atoms with van der Waals surface area (Å²) in [6.07, 6.45) is 0. The van der Waals surface area contributed by atoms with Crippen LogP contribution in [0.5, 0.6) is 5.75 Å². The van der Waals surface area contributed by atoms with Gasteiger partial charge in [-0.1, -0.05) is 12.1 Å². The molecular weight excluding hydrogens is 242 g/mol. The first kappa shape index (κ1) is 15.3. The van der Waals surface area contributed by atoms with Crippen LogP contribution in [0.1, 0.15) is 24.1 Å². The number of hydrogen-bond acceptors (Lipinski definition) is 3. The van der Waals surface area contributed by atoms with Crippen molar-refractivity contribution in [3.63, 3.8) is 0 Å². The molecule has 0 radical (unpaired) electrons. The summed E-state index contributed by atoms with van der Waals surface area (Å²) in [7, 11) is 3.41. The van der Waals surface area contributed by atoms with E-state index in [1.807, 2.05) is 26.0 Å². The molecule has 1 aromatic carbocycles. The molecule has 1 rings (SSSR count). The highest BCUT2D eigenvalue weighted by molar-refractivity contribution is 5.73. The van der Waals surface area contributed by atoms with Gasteiger partial charge in [0.15, 0.2) is 0 Å². The largest absolute Gasteiger partial charge is 0.508 e. The third kappa shape index (κ3) is 4.79. The normalized spacial score (nSPS) is 12.0. The number of urea groups is 1. The van der Waals surface area contributed by atoms with E-state index < -0.39 is 0 Å². The molecule has 1 atom stereocenters. The zero-order chi connectivity index (χ0) is 14.4. The molecule has 0 spiro atoms. The summed E-state index contributed by atoms with van der Waals surface area (Å²) in [6.45, 7) is 5.12. The number of hydrogen-bond donors (Lipinski definition) is 3. The first-order valence-electron chi connectivity index (χ1n) is 6.40. The van der Waals surface area contributed by atoms with Gasteiger partial charge in [0, 0.05) is 38.8 Å². The third-order valence-corrected chi connectivity index (χ3v) is 2.91. The number of carbonyl (C=O) groups excluding carboxylic acids is 1. The lowest BCUT2D eigenvalue weighted by Gasteiger charge is -2.17. The van der Waals surface area contributed by atoms with Crippen LogP contribution in [0.15, 0.2) is 18.2 Å². The van der Waals surface area contributed by atoms with Crippen molar-refractivity contribution in [2.24, 2.45) is 0 Å². The lowest BCUT2D eigenvalue weighted by molar-refractivity contribution is 0.217. The number of nitrogens with one attached hydrogen (secondary N) is 2. The SMILES string of the molecule is Cc1ccc(C(C)NCCNC(=O)N(C)C)c(O)c1. The molecule has 106 valence electrons. The first-order valence-corrected chi connectivity index (χ1v) is 6.40. The lowest BCUT2D eigenvalue weighted by atomic mass is 10.1. The van der Waals surface area contributed by atoms with Crippen molar-refractivity contribution in [1.29, 1.82) is 0 Å². The van der Waals surface area contributed by atoms with E-state index in [-0.39, 0.29) is 12.1 Å². The Labute approximate surface area is 114 Å². The van der Waals surface area contributed by atoms with Gasteiger partial charge in [0.05, 0.1) is 0 Å². The maximum absolute atomic E-state index is 11.3. The number of phenolic OH excluding ortho intramolecular Hbond substituents is 1. The van der Waals surface area contributed by atoms with E-state index in [1.54, 1.807) is 20.2 Å². The Hall–Kier alpha value is -1.75. The van der Waals surface area contributed by atoms with E-state index >= 15 is 0 Å². The zero-order valence-corrected chi connectivity index (χ0v) is 12.0. The number of aryl methyl sites for hydroxylation is 1. The van der Waals surface area contributed by atoms with Crippen molar-refractivity contribution in [3.05, 3.63) is 29.3 Å². The fourth-order valence-corrected chi connectivity index (χ4v) is 1.75. The van der Waals surface area contributed by atoms with Crippen LogP contribution in [-0.2, 0) is 0 Å². The minimum Gasteiger partial charge on any atom is -0.508 e. The number of amides is 2. The van der Waals surface area contributed by atoms with Crippen molar-refractivity contribution in [2.45, 2.75) is 19.9 Å². The molecule has 0 aliphatic heterocycles. The first-order chi connectivity index (χ1) is 8.91. The maximum Gasteiger partial charge on any atom is 0.316 e. The van der Waals surface area contributed by atoms with Gasteiger partial charge in [-0.05, 0) is 25.5 Å². The Kier molecular flexibility index (Phi) is 5.63. The number of aromatic hydroxyl groups is 1. The predicted octanol–water partition coefficient (Wildman–Crippen LogP) is 1.62. The second-order valence-corrected chi connectivity index (χ2v) is 4.86. The van der Waals surface area contributed by atoms with E-state index in [0.29, 0.717) is 18.8 Å². The second kappa shape index (κ2) is 6.99. The fourth-order valence-electron chi connectivity index (χ4n) is 1.75. The molecule has 3 N–H and O–H groups in total. The van der Waals surface area contributed by atoms with Crippen LogP contribution in [0.2, 0.25) is 0 Å². The van der Waals surface area contributed by atoms with Gasteiger partial charge < -0.3 is 20.6 Å². The van der Waals surface area contributed by atoms with Crippen LogP contribution in [0.4, 0.5) is 4.79 Å². The quantitative estimate of drug-likeness (QED) is 0.709. The highest BCUT2D eigenvalue weighted by Crippen LogP contribution is 2.24. The predicted molar refractivity (Wildman–Crippen MR) is 76.3 cm³/mol. The average Bonchev–Trinajstić information content (AvgIpc) is 2.33. The second-order valence-electron chi connectivity index (χ2n) is 4.86. The summed E-state index contributed by atoms with van der Waals surface area (Å²) >= 11 is 0. The highest BCUT2D eigenvalue weighted by atomic mass is 16.3. The molecule has 0 saturated heterocycles. The Morgan fingerprint density at radius 2 is 2.05 bits per heavy atom. The summed E-state index contributed by atoms with van der Waals surface area (Å²) < 4.78 is 0. The topological polar surface area (TPSA) is 64.6 Å². The molecule has 1 aromatic rings. The summed E-state index contributed by atoms with van der Waals surface area (Å²) in [4.78, 5) is 12.8. The zero-order valence-electron chi connectivity index (χ0n) is 12.0.